The van der Waals surface area contributed by atoms with Gasteiger partial charge in [-0.15, -0.1) is 10.2 Å². The molecule has 1 aromatic carbocycles. The first kappa shape index (κ1) is 18.0. The van der Waals surface area contributed by atoms with E-state index < -0.39 is 0 Å². The van der Waals surface area contributed by atoms with E-state index in [2.05, 4.69) is 20.4 Å². The summed E-state index contributed by atoms with van der Waals surface area (Å²) in [7, 11) is 3.98. The molecule has 1 saturated heterocycles. The minimum absolute atomic E-state index is 0.0866. The SMILES string of the molecule is CCNc1ccc(N2CCN(C(=O)c3ccc(N(C)C)cc3)CC2)nn1. The molecule has 3 rings (SSSR count). The molecular formula is C19H26N6O. The van der Waals surface area contributed by atoms with Gasteiger partial charge >= 0.3 is 0 Å². The number of piperazine rings is 1. The lowest BCUT2D eigenvalue weighted by atomic mass is 10.1. The van der Waals surface area contributed by atoms with Crippen LogP contribution in [-0.4, -0.2) is 67.8 Å². The number of nitrogens with one attached hydrogen (secondary N) is 1. The summed E-state index contributed by atoms with van der Waals surface area (Å²) in [5, 5.41) is 11.6. The van der Waals surface area contributed by atoms with Gasteiger partial charge in [-0.1, -0.05) is 0 Å². The number of hydrogen-bond acceptors (Lipinski definition) is 6. The lowest BCUT2D eigenvalue weighted by Crippen LogP contribution is -2.49. The molecule has 7 heteroatoms. The number of benzene rings is 1. The summed E-state index contributed by atoms with van der Waals surface area (Å²) in [4.78, 5) is 18.8. The molecule has 0 unspecified atom stereocenters. The maximum absolute atomic E-state index is 12.7. The van der Waals surface area contributed by atoms with E-state index >= 15 is 0 Å². The van der Waals surface area contributed by atoms with Crippen LogP contribution in [-0.2, 0) is 0 Å². The van der Waals surface area contributed by atoms with Crippen LogP contribution in [0.15, 0.2) is 36.4 Å². The third-order valence-electron chi connectivity index (χ3n) is 4.53. The molecule has 1 aliphatic heterocycles. The lowest BCUT2D eigenvalue weighted by molar-refractivity contribution is 0.0746. The number of carbonyl (C=O) groups excluding carboxylic acids is 1. The van der Waals surface area contributed by atoms with Crippen molar-refractivity contribution in [2.45, 2.75) is 6.92 Å². The van der Waals surface area contributed by atoms with Crippen LogP contribution in [0.1, 0.15) is 17.3 Å². The summed E-state index contributed by atoms with van der Waals surface area (Å²) < 4.78 is 0. The molecule has 0 spiro atoms. The Balaban J connectivity index is 1.58. The summed E-state index contributed by atoms with van der Waals surface area (Å²) >= 11 is 0. The maximum atomic E-state index is 12.7. The van der Waals surface area contributed by atoms with Gasteiger partial charge in [0.25, 0.3) is 5.91 Å². The van der Waals surface area contributed by atoms with E-state index in [-0.39, 0.29) is 5.91 Å². The Labute approximate surface area is 154 Å². The van der Waals surface area contributed by atoms with Crippen molar-refractivity contribution in [3.63, 3.8) is 0 Å². The summed E-state index contributed by atoms with van der Waals surface area (Å²) in [6, 6.07) is 11.7. The zero-order valence-electron chi connectivity index (χ0n) is 15.6. The molecule has 138 valence electrons. The molecule has 0 bridgehead atoms. The van der Waals surface area contributed by atoms with E-state index in [1.54, 1.807) is 0 Å². The standard InChI is InChI=1S/C19H26N6O/c1-4-20-17-9-10-18(22-21-17)24-11-13-25(14-12-24)19(26)15-5-7-16(8-6-15)23(2)3/h5-10H,4,11-14H2,1-3H3,(H,20,21). The quantitative estimate of drug-likeness (QED) is 0.885. The van der Waals surface area contributed by atoms with Gasteiger partial charge in [0.2, 0.25) is 0 Å². The largest absolute Gasteiger partial charge is 0.378 e. The molecule has 1 fully saturated rings. The highest BCUT2D eigenvalue weighted by atomic mass is 16.2. The van der Waals surface area contributed by atoms with Gasteiger partial charge in [-0.3, -0.25) is 4.79 Å². The fraction of sp³-hybridized carbons (Fsp3) is 0.421. The maximum Gasteiger partial charge on any atom is 0.253 e. The van der Waals surface area contributed by atoms with Gasteiger partial charge in [0, 0.05) is 58.1 Å². The van der Waals surface area contributed by atoms with Gasteiger partial charge in [0.15, 0.2) is 5.82 Å². The van der Waals surface area contributed by atoms with Gasteiger partial charge in [-0.05, 0) is 43.3 Å². The zero-order chi connectivity index (χ0) is 18.5. The normalized spacial score (nSPS) is 14.3. The van der Waals surface area contributed by atoms with Gasteiger partial charge in [0.1, 0.15) is 5.82 Å². The molecule has 2 heterocycles. The lowest BCUT2D eigenvalue weighted by Gasteiger charge is -2.35. The van der Waals surface area contributed by atoms with Crippen molar-refractivity contribution in [1.82, 2.24) is 15.1 Å². The second kappa shape index (κ2) is 8.03. The van der Waals surface area contributed by atoms with Crippen molar-refractivity contribution in [3.05, 3.63) is 42.0 Å². The molecular weight excluding hydrogens is 328 g/mol. The van der Waals surface area contributed by atoms with Crippen LogP contribution >= 0.6 is 0 Å². The van der Waals surface area contributed by atoms with Crippen LogP contribution in [0.3, 0.4) is 0 Å². The average molecular weight is 354 g/mol. The molecule has 7 nitrogen and oxygen atoms in total. The van der Waals surface area contributed by atoms with E-state index in [0.29, 0.717) is 13.1 Å². The van der Waals surface area contributed by atoms with E-state index in [9.17, 15) is 4.79 Å². The van der Waals surface area contributed by atoms with Crippen molar-refractivity contribution < 1.29 is 4.79 Å². The second-order valence-electron chi connectivity index (χ2n) is 6.53. The predicted molar refractivity (Wildman–Crippen MR) is 105 cm³/mol. The molecule has 1 aliphatic rings. The van der Waals surface area contributed by atoms with Crippen LogP contribution in [0.5, 0.6) is 0 Å². The Morgan fingerprint density at radius 3 is 2.27 bits per heavy atom. The molecule has 26 heavy (non-hydrogen) atoms. The van der Waals surface area contributed by atoms with Crippen LogP contribution in [0.2, 0.25) is 0 Å². The number of rotatable bonds is 5. The molecule has 0 radical (unpaired) electrons. The first-order valence-corrected chi connectivity index (χ1v) is 8.97. The first-order chi connectivity index (χ1) is 12.6. The van der Waals surface area contributed by atoms with Crippen molar-refractivity contribution >= 4 is 23.2 Å². The molecule has 0 saturated carbocycles. The molecule has 2 aromatic rings. The monoisotopic (exact) mass is 354 g/mol. The minimum atomic E-state index is 0.0866. The van der Waals surface area contributed by atoms with Crippen LogP contribution in [0.4, 0.5) is 17.3 Å². The number of anilines is 3. The van der Waals surface area contributed by atoms with Gasteiger partial charge in [-0.2, -0.15) is 0 Å². The Morgan fingerprint density at radius 2 is 1.73 bits per heavy atom. The van der Waals surface area contributed by atoms with Gasteiger partial charge in [0.05, 0.1) is 0 Å². The second-order valence-corrected chi connectivity index (χ2v) is 6.53. The van der Waals surface area contributed by atoms with E-state index in [4.69, 9.17) is 0 Å². The molecule has 0 atom stereocenters. The molecule has 1 amide bonds. The number of hydrogen-bond donors (Lipinski definition) is 1. The zero-order valence-corrected chi connectivity index (χ0v) is 15.6. The molecule has 1 aromatic heterocycles. The van der Waals surface area contributed by atoms with Crippen molar-refractivity contribution in [3.8, 4) is 0 Å². The highest BCUT2D eigenvalue weighted by molar-refractivity contribution is 5.94. The summed E-state index contributed by atoms with van der Waals surface area (Å²) in [5.74, 6) is 1.73. The van der Waals surface area contributed by atoms with Crippen molar-refractivity contribution in [2.75, 3.05) is 61.9 Å². The Morgan fingerprint density at radius 1 is 1.04 bits per heavy atom. The summed E-state index contributed by atoms with van der Waals surface area (Å²) in [5.41, 5.74) is 1.82. The highest BCUT2D eigenvalue weighted by Crippen LogP contribution is 2.17. The van der Waals surface area contributed by atoms with E-state index in [1.165, 1.54) is 0 Å². The first-order valence-electron chi connectivity index (χ1n) is 8.97. The summed E-state index contributed by atoms with van der Waals surface area (Å²) in [6.45, 7) is 5.74. The van der Waals surface area contributed by atoms with E-state index in [1.807, 2.05) is 67.2 Å². The van der Waals surface area contributed by atoms with Crippen LogP contribution in [0.25, 0.3) is 0 Å². The fourth-order valence-electron chi connectivity index (χ4n) is 2.99. The fourth-order valence-corrected chi connectivity index (χ4v) is 2.99. The topological polar surface area (TPSA) is 64.6 Å². The third-order valence-corrected chi connectivity index (χ3v) is 4.53. The van der Waals surface area contributed by atoms with Gasteiger partial charge in [-0.25, -0.2) is 0 Å². The average Bonchev–Trinajstić information content (AvgIpc) is 2.68. The Hall–Kier alpha value is -2.83. The van der Waals surface area contributed by atoms with Crippen LogP contribution < -0.4 is 15.1 Å². The summed E-state index contributed by atoms with van der Waals surface area (Å²) in [6.07, 6.45) is 0. The molecule has 1 N–H and O–H groups in total. The van der Waals surface area contributed by atoms with Crippen molar-refractivity contribution in [2.24, 2.45) is 0 Å². The van der Waals surface area contributed by atoms with E-state index in [0.717, 1.165) is 42.5 Å². The highest BCUT2D eigenvalue weighted by Gasteiger charge is 2.23. The number of carbonyl (C=O) groups is 1. The Bertz CT molecular complexity index is 721. The van der Waals surface area contributed by atoms with Gasteiger partial charge < -0.3 is 20.0 Å². The predicted octanol–water partition coefficient (Wildman–Crippen LogP) is 1.94. The Kier molecular flexibility index (Phi) is 5.55. The van der Waals surface area contributed by atoms with Crippen LogP contribution in [0, 0.1) is 0 Å². The molecule has 0 aliphatic carbocycles. The minimum Gasteiger partial charge on any atom is -0.378 e. The smallest absolute Gasteiger partial charge is 0.253 e. The number of amides is 1. The van der Waals surface area contributed by atoms with Crippen molar-refractivity contribution in [1.29, 1.82) is 0 Å². The number of aromatic nitrogens is 2. The number of nitrogens with zero attached hydrogens (tertiary/aromatic N) is 5. The third kappa shape index (κ3) is 4.04.